The Kier molecular flexibility index (Phi) is 4.82. The zero-order chi connectivity index (χ0) is 16.4. The van der Waals surface area contributed by atoms with E-state index in [1.165, 1.54) is 10.8 Å². The van der Waals surface area contributed by atoms with Crippen LogP contribution in [0.3, 0.4) is 0 Å². The molecule has 2 rings (SSSR count). The maximum absolute atomic E-state index is 11.9. The van der Waals surface area contributed by atoms with E-state index in [1.807, 2.05) is 0 Å². The third-order valence-electron chi connectivity index (χ3n) is 3.72. The first-order valence-electron chi connectivity index (χ1n) is 7.22. The third-order valence-corrected chi connectivity index (χ3v) is 3.72. The van der Waals surface area contributed by atoms with Crippen LogP contribution < -0.4 is 16.6 Å². The number of aliphatic hydroxyl groups excluding tert-OH is 1. The molecule has 0 saturated carbocycles. The highest BCUT2D eigenvalue weighted by Crippen LogP contribution is 2.27. The Morgan fingerprint density at radius 3 is 2.82 bits per heavy atom. The van der Waals surface area contributed by atoms with Crippen molar-refractivity contribution < 1.29 is 14.6 Å². The lowest BCUT2D eigenvalue weighted by atomic mass is 10.1. The highest BCUT2D eigenvalue weighted by molar-refractivity contribution is 5.78. The molecule has 1 aromatic heterocycles. The summed E-state index contributed by atoms with van der Waals surface area (Å²) in [6, 6.07) is -0.385. The summed E-state index contributed by atoms with van der Waals surface area (Å²) in [7, 11) is 0. The Hall–Kier alpha value is -1.93. The Bertz CT molecular complexity index is 663. The number of hydrogen-bond acceptors (Lipinski definition) is 5. The number of aliphatic hydroxyl groups is 1. The zero-order valence-electron chi connectivity index (χ0n) is 12.8. The average Bonchev–Trinajstić information content (AvgIpc) is 2.85. The summed E-state index contributed by atoms with van der Waals surface area (Å²) in [5, 5.41) is 12.2. The summed E-state index contributed by atoms with van der Waals surface area (Å²) >= 11 is 0. The minimum absolute atomic E-state index is 0.141. The number of nitrogens with one attached hydrogen (secondary N) is 2. The summed E-state index contributed by atoms with van der Waals surface area (Å²) in [5.74, 6) is -0.325. The first-order valence-corrected chi connectivity index (χ1v) is 7.22. The summed E-state index contributed by atoms with van der Waals surface area (Å²) < 4.78 is 6.92. The van der Waals surface area contributed by atoms with Crippen molar-refractivity contribution in [3.63, 3.8) is 0 Å². The van der Waals surface area contributed by atoms with E-state index in [2.05, 4.69) is 10.3 Å². The monoisotopic (exact) mass is 311 g/mol. The standard InChI is InChI=1S/C14H21N3O5/c1-7(2)12(19)15-9-4-11(22-10(9)6-18)17-5-8(3)13(20)16-14(17)21/h5,7,9-11,18H,4,6H2,1-3H3,(H,15,19)(H,16,20,21). The second-order valence-electron chi connectivity index (χ2n) is 5.80. The topological polar surface area (TPSA) is 113 Å². The number of hydrogen-bond donors (Lipinski definition) is 3. The van der Waals surface area contributed by atoms with E-state index >= 15 is 0 Å². The summed E-state index contributed by atoms with van der Waals surface area (Å²) in [4.78, 5) is 37.3. The summed E-state index contributed by atoms with van der Waals surface area (Å²) in [6.45, 7) is 4.86. The van der Waals surface area contributed by atoms with E-state index in [1.54, 1.807) is 20.8 Å². The molecule has 1 saturated heterocycles. The minimum Gasteiger partial charge on any atom is -0.394 e. The van der Waals surface area contributed by atoms with Crippen LogP contribution in [0.1, 0.15) is 32.1 Å². The Labute approximate surface area is 127 Å². The lowest BCUT2D eigenvalue weighted by Crippen LogP contribution is -2.43. The predicted molar refractivity (Wildman–Crippen MR) is 78.4 cm³/mol. The van der Waals surface area contributed by atoms with Gasteiger partial charge in [0.05, 0.1) is 12.6 Å². The van der Waals surface area contributed by atoms with Gasteiger partial charge >= 0.3 is 5.69 Å². The molecule has 8 heteroatoms. The van der Waals surface area contributed by atoms with Crippen molar-refractivity contribution in [1.82, 2.24) is 14.9 Å². The van der Waals surface area contributed by atoms with Gasteiger partial charge in [-0.15, -0.1) is 0 Å². The number of aromatic nitrogens is 2. The first-order chi connectivity index (χ1) is 10.3. The van der Waals surface area contributed by atoms with Gasteiger partial charge in [0, 0.05) is 24.1 Å². The van der Waals surface area contributed by atoms with E-state index < -0.39 is 23.6 Å². The Morgan fingerprint density at radius 2 is 2.23 bits per heavy atom. The van der Waals surface area contributed by atoms with Crippen LogP contribution in [0.2, 0.25) is 0 Å². The zero-order valence-corrected chi connectivity index (χ0v) is 12.8. The maximum Gasteiger partial charge on any atom is 0.330 e. The molecule has 0 radical (unpaired) electrons. The largest absolute Gasteiger partial charge is 0.394 e. The van der Waals surface area contributed by atoms with Gasteiger partial charge in [-0.2, -0.15) is 0 Å². The smallest absolute Gasteiger partial charge is 0.330 e. The first kappa shape index (κ1) is 16.4. The number of carbonyl (C=O) groups excluding carboxylic acids is 1. The number of amides is 1. The molecule has 0 bridgehead atoms. The van der Waals surface area contributed by atoms with Crippen LogP contribution in [0.15, 0.2) is 15.8 Å². The van der Waals surface area contributed by atoms with E-state index in [9.17, 15) is 19.5 Å². The molecule has 1 aliphatic heterocycles. The van der Waals surface area contributed by atoms with Crippen molar-refractivity contribution in [2.24, 2.45) is 5.92 Å². The van der Waals surface area contributed by atoms with Gasteiger partial charge in [0.2, 0.25) is 5.91 Å². The fraction of sp³-hybridized carbons (Fsp3) is 0.643. The number of ether oxygens (including phenoxy) is 1. The predicted octanol–water partition coefficient (Wildman–Crippen LogP) is -0.734. The van der Waals surface area contributed by atoms with E-state index in [-0.39, 0.29) is 24.5 Å². The van der Waals surface area contributed by atoms with Crippen LogP contribution in [0.5, 0.6) is 0 Å². The Morgan fingerprint density at radius 1 is 1.55 bits per heavy atom. The van der Waals surface area contributed by atoms with E-state index in [4.69, 9.17) is 4.74 Å². The van der Waals surface area contributed by atoms with Crippen LogP contribution in [-0.2, 0) is 9.53 Å². The molecule has 3 N–H and O–H groups in total. The van der Waals surface area contributed by atoms with Crippen molar-refractivity contribution in [2.45, 2.75) is 45.6 Å². The summed E-state index contributed by atoms with van der Waals surface area (Å²) in [6.07, 6.45) is 0.534. The lowest BCUT2D eigenvalue weighted by Gasteiger charge is -2.18. The quantitative estimate of drug-likeness (QED) is 0.678. The minimum atomic E-state index is -0.641. The van der Waals surface area contributed by atoms with Gasteiger partial charge in [0.15, 0.2) is 0 Å². The van der Waals surface area contributed by atoms with Gasteiger partial charge in [-0.1, -0.05) is 13.8 Å². The number of aromatic amines is 1. The van der Waals surface area contributed by atoms with Crippen LogP contribution >= 0.6 is 0 Å². The Balaban J connectivity index is 2.22. The number of rotatable bonds is 4. The molecule has 8 nitrogen and oxygen atoms in total. The molecule has 0 spiro atoms. The fourth-order valence-electron chi connectivity index (χ4n) is 2.37. The molecular formula is C14H21N3O5. The molecule has 1 aromatic rings. The van der Waals surface area contributed by atoms with Crippen molar-refractivity contribution in [3.05, 3.63) is 32.6 Å². The highest BCUT2D eigenvalue weighted by Gasteiger charge is 2.37. The SMILES string of the molecule is Cc1cn(C2CC(NC(=O)C(C)C)C(CO)O2)c(=O)[nH]c1=O. The molecule has 1 aliphatic rings. The van der Waals surface area contributed by atoms with Gasteiger partial charge in [-0.25, -0.2) is 4.79 Å². The second kappa shape index (κ2) is 6.45. The fourth-order valence-corrected chi connectivity index (χ4v) is 2.37. The number of nitrogens with zero attached hydrogens (tertiary/aromatic N) is 1. The number of aryl methyl sites for hydroxylation is 1. The molecule has 0 aromatic carbocycles. The second-order valence-corrected chi connectivity index (χ2v) is 5.80. The van der Waals surface area contributed by atoms with E-state index in [0.29, 0.717) is 12.0 Å². The molecule has 2 heterocycles. The lowest BCUT2D eigenvalue weighted by molar-refractivity contribution is -0.125. The molecule has 22 heavy (non-hydrogen) atoms. The molecule has 0 aliphatic carbocycles. The molecule has 1 fully saturated rings. The van der Waals surface area contributed by atoms with Gasteiger partial charge in [-0.05, 0) is 6.92 Å². The molecule has 122 valence electrons. The molecule has 3 unspecified atom stereocenters. The molecule has 3 atom stereocenters. The molecular weight excluding hydrogens is 290 g/mol. The average molecular weight is 311 g/mol. The van der Waals surface area contributed by atoms with Gasteiger partial charge in [0.1, 0.15) is 12.3 Å². The normalized spacial score (nSPS) is 24.7. The van der Waals surface area contributed by atoms with Crippen LogP contribution in [0.4, 0.5) is 0 Å². The maximum atomic E-state index is 11.9. The third kappa shape index (κ3) is 3.28. The van der Waals surface area contributed by atoms with Gasteiger partial charge in [0.25, 0.3) is 5.56 Å². The van der Waals surface area contributed by atoms with Gasteiger partial charge < -0.3 is 15.2 Å². The van der Waals surface area contributed by atoms with E-state index in [0.717, 1.165) is 0 Å². The molecule has 1 amide bonds. The van der Waals surface area contributed by atoms with Crippen LogP contribution in [0.25, 0.3) is 0 Å². The van der Waals surface area contributed by atoms with Crippen LogP contribution in [-0.4, -0.2) is 39.3 Å². The van der Waals surface area contributed by atoms with Crippen molar-refractivity contribution in [2.75, 3.05) is 6.61 Å². The number of carbonyl (C=O) groups is 1. The van der Waals surface area contributed by atoms with Crippen molar-refractivity contribution in [1.29, 1.82) is 0 Å². The van der Waals surface area contributed by atoms with Crippen LogP contribution in [0, 0.1) is 12.8 Å². The number of H-pyrrole nitrogens is 1. The van der Waals surface area contributed by atoms with Gasteiger partial charge in [-0.3, -0.25) is 19.1 Å². The van der Waals surface area contributed by atoms with Crippen molar-refractivity contribution >= 4 is 5.91 Å². The van der Waals surface area contributed by atoms with Crippen molar-refractivity contribution in [3.8, 4) is 0 Å². The highest BCUT2D eigenvalue weighted by atomic mass is 16.5. The summed E-state index contributed by atoms with van der Waals surface area (Å²) in [5.41, 5.74) is -0.630.